The van der Waals surface area contributed by atoms with Crippen LogP contribution in [0.5, 0.6) is 0 Å². The zero-order valence-corrected chi connectivity index (χ0v) is 13.2. The van der Waals surface area contributed by atoms with Crippen LogP contribution in [0.1, 0.15) is 33.6 Å². The van der Waals surface area contributed by atoms with Gasteiger partial charge in [-0.15, -0.1) is 0 Å². The number of urea groups is 1. The van der Waals surface area contributed by atoms with E-state index in [1.165, 1.54) is 13.8 Å². The van der Waals surface area contributed by atoms with Crippen LogP contribution in [-0.2, 0) is 14.6 Å². The second-order valence-electron chi connectivity index (χ2n) is 5.52. The van der Waals surface area contributed by atoms with Gasteiger partial charge in [-0.1, -0.05) is 6.92 Å². The Morgan fingerprint density at radius 2 is 1.80 bits per heavy atom. The summed E-state index contributed by atoms with van der Waals surface area (Å²) in [5, 5.41) is 13.7. The van der Waals surface area contributed by atoms with Crippen molar-refractivity contribution in [2.45, 2.75) is 38.4 Å². The number of nitrogens with one attached hydrogen (secondary N) is 2. The van der Waals surface area contributed by atoms with Crippen molar-refractivity contribution in [3.63, 3.8) is 0 Å². The molecule has 20 heavy (non-hydrogen) atoms. The predicted octanol–water partition coefficient (Wildman–Crippen LogP) is 0.610. The van der Waals surface area contributed by atoms with E-state index in [2.05, 4.69) is 10.6 Å². The van der Waals surface area contributed by atoms with Gasteiger partial charge in [0.15, 0.2) is 9.84 Å². The molecule has 0 heterocycles. The Bertz CT molecular complexity index is 445. The number of amides is 2. The molecule has 1 atom stereocenters. The zero-order chi connectivity index (χ0) is 16.0. The summed E-state index contributed by atoms with van der Waals surface area (Å²) < 4.78 is 21.8. The van der Waals surface area contributed by atoms with Crippen molar-refractivity contribution in [1.82, 2.24) is 10.6 Å². The smallest absolute Gasteiger partial charge is 0.314 e. The number of carbonyl (C=O) groups is 2. The van der Waals surface area contributed by atoms with Crippen LogP contribution in [0, 0.1) is 5.92 Å². The Morgan fingerprint density at radius 3 is 2.25 bits per heavy atom. The van der Waals surface area contributed by atoms with Crippen LogP contribution < -0.4 is 10.6 Å². The predicted molar refractivity (Wildman–Crippen MR) is 76.4 cm³/mol. The van der Waals surface area contributed by atoms with E-state index in [9.17, 15) is 18.0 Å². The van der Waals surface area contributed by atoms with Gasteiger partial charge in [0.25, 0.3) is 0 Å². The molecule has 0 aliphatic heterocycles. The number of carboxylic acid groups (broad SMARTS) is 1. The van der Waals surface area contributed by atoms with E-state index in [1.807, 2.05) is 0 Å². The van der Waals surface area contributed by atoms with E-state index in [0.29, 0.717) is 19.4 Å². The van der Waals surface area contributed by atoms with Crippen LogP contribution in [0.25, 0.3) is 0 Å². The first kappa shape index (κ1) is 18.7. The average Bonchev–Trinajstić information content (AvgIpc) is 2.30. The van der Waals surface area contributed by atoms with Crippen LogP contribution in [0.3, 0.4) is 0 Å². The highest BCUT2D eigenvalue weighted by molar-refractivity contribution is 7.92. The minimum absolute atomic E-state index is 0.0171. The fourth-order valence-corrected chi connectivity index (χ4v) is 1.55. The van der Waals surface area contributed by atoms with Gasteiger partial charge in [0.1, 0.15) is 0 Å². The normalized spacial score (nSPS) is 13.6. The molecule has 0 rings (SSSR count). The van der Waals surface area contributed by atoms with Crippen LogP contribution >= 0.6 is 0 Å². The monoisotopic (exact) mass is 308 g/mol. The Balaban J connectivity index is 3.95. The summed E-state index contributed by atoms with van der Waals surface area (Å²) in [5.41, 5.74) is 0. The van der Waals surface area contributed by atoms with Crippen LogP contribution in [-0.4, -0.2) is 49.6 Å². The quantitative estimate of drug-likeness (QED) is 0.569. The molecule has 3 N–H and O–H groups in total. The number of carbonyl (C=O) groups excluding carboxylic acids is 1. The van der Waals surface area contributed by atoms with E-state index in [-0.39, 0.29) is 6.54 Å². The lowest BCUT2D eigenvalue weighted by molar-refractivity contribution is -0.141. The topological polar surface area (TPSA) is 113 Å². The molecule has 1 unspecified atom stereocenters. The van der Waals surface area contributed by atoms with E-state index >= 15 is 0 Å². The van der Waals surface area contributed by atoms with Gasteiger partial charge in [0, 0.05) is 19.3 Å². The summed E-state index contributed by atoms with van der Waals surface area (Å²) in [7, 11) is -3.25. The van der Waals surface area contributed by atoms with Gasteiger partial charge >= 0.3 is 12.0 Å². The van der Waals surface area contributed by atoms with E-state index < -0.39 is 32.5 Å². The fourth-order valence-electron chi connectivity index (χ4n) is 1.22. The molecule has 0 aliphatic rings. The van der Waals surface area contributed by atoms with Crippen LogP contribution in [0.2, 0.25) is 0 Å². The Kier molecular flexibility index (Phi) is 6.98. The molecule has 0 aromatic heterocycles. The van der Waals surface area contributed by atoms with Gasteiger partial charge in [-0.25, -0.2) is 13.2 Å². The van der Waals surface area contributed by atoms with Gasteiger partial charge in [0.2, 0.25) is 0 Å². The molecule has 0 aromatic carbocycles. The molecule has 0 aliphatic carbocycles. The minimum Gasteiger partial charge on any atom is -0.481 e. The lowest BCUT2D eigenvalue weighted by Gasteiger charge is -2.22. The summed E-state index contributed by atoms with van der Waals surface area (Å²) >= 11 is 0. The summed E-state index contributed by atoms with van der Waals surface area (Å²) in [5.74, 6) is -1.30. The molecule has 8 heteroatoms. The van der Waals surface area contributed by atoms with E-state index in [4.69, 9.17) is 5.11 Å². The van der Waals surface area contributed by atoms with Gasteiger partial charge < -0.3 is 15.7 Å². The molecule has 2 amide bonds. The van der Waals surface area contributed by atoms with Crippen molar-refractivity contribution in [2.75, 3.05) is 19.3 Å². The number of hydrogen-bond acceptors (Lipinski definition) is 4. The van der Waals surface area contributed by atoms with Gasteiger partial charge in [-0.3, -0.25) is 4.79 Å². The van der Waals surface area contributed by atoms with Crippen molar-refractivity contribution in [2.24, 2.45) is 5.92 Å². The number of carboxylic acids is 1. The Morgan fingerprint density at radius 1 is 1.25 bits per heavy atom. The highest BCUT2D eigenvalue weighted by Gasteiger charge is 2.30. The highest BCUT2D eigenvalue weighted by Crippen LogP contribution is 2.13. The second kappa shape index (κ2) is 7.47. The third-order valence-electron chi connectivity index (χ3n) is 3.20. The van der Waals surface area contributed by atoms with Crippen molar-refractivity contribution in [1.29, 1.82) is 0 Å². The lowest BCUT2D eigenvalue weighted by Crippen LogP contribution is -2.47. The maximum Gasteiger partial charge on any atom is 0.314 e. The van der Waals surface area contributed by atoms with Gasteiger partial charge in [0.05, 0.1) is 10.7 Å². The summed E-state index contributed by atoms with van der Waals surface area (Å²) in [6, 6.07) is -0.454. The lowest BCUT2D eigenvalue weighted by atomic mass is 10.1. The molecule has 118 valence electrons. The van der Waals surface area contributed by atoms with Crippen molar-refractivity contribution in [3.8, 4) is 0 Å². The number of sulfone groups is 1. The second-order valence-corrected chi connectivity index (χ2v) is 8.17. The zero-order valence-electron chi connectivity index (χ0n) is 12.4. The standard InChI is InChI=1S/C12H24N2O5S/c1-9(10(15)16)6-5-7-13-11(17)14-8-12(2,3)20(4,18)19/h9H,5-8H2,1-4H3,(H,15,16)(H2,13,14,17). The third kappa shape index (κ3) is 6.74. The van der Waals surface area contributed by atoms with Gasteiger partial charge in [-0.05, 0) is 26.7 Å². The molecule has 0 saturated heterocycles. The maximum atomic E-state index is 11.5. The minimum atomic E-state index is -3.25. The first-order valence-corrected chi connectivity index (χ1v) is 8.30. The molecular formula is C12H24N2O5S. The third-order valence-corrected chi connectivity index (χ3v) is 5.35. The molecule has 0 aromatic rings. The maximum absolute atomic E-state index is 11.5. The molecule has 0 fully saturated rings. The summed E-state index contributed by atoms with van der Waals surface area (Å²) in [6.45, 7) is 5.05. The summed E-state index contributed by atoms with van der Waals surface area (Å²) in [4.78, 5) is 22.0. The Labute approximate surface area is 120 Å². The molecule has 0 radical (unpaired) electrons. The molecule has 0 saturated carbocycles. The fraction of sp³-hybridized carbons (Fsp3) is 0.833. The molecule has 7 nitrogen and oxygen atoms in total. The van der Waals surface area contributed by atoms with Crippen LogP contribution in [0.4, 0.5) is 4.79 Å². The van der Waals surface area contributed by atoms with E-state index in [0.717, 1.165) is 6.26 Å². The number of aliphatic carboxylic acids is 1. The highest BCUT2D eigenvalue weighted by atomic mass is 32.2. The molecular weight excluding hydrogens is 284 g/mol. The first-order chi connectivity index (χ1) is 8.97. The SMILES string of the molecule is CC(CCCNC(=O)NCC(C)(C)S(C)(=O)=O)C(=O)O. The number of hydrogen-bond donors (Lipinski definition) is 3. The Hall–Kier alpha value is -1.31. The van der Waals surface area contributed by atoms with E-state index in [1.54, 1.807) is 6.92 Å². The molecule has 0 spiro atoms. The van der Waals surface area contributed by atoms with Gasteiger partial charge in [-0.2, -0.15) is 0 Å². The summed E-state index contributed by atoms with van der Waals surface area (Å²) in [6.07, 6.45) is 2.15. The van der Waals surface area contributed by atoms with Crippen molar-refractivity contribution in [3.05, 3.63) is 0 Å². The van der Waals surface area contributed by atoms with Crippen molar-refractivity contribution < 1.29 is 23.1 Å². The van der Waals surface area contributed by atoms with Crippen LogP contribution in [0.15, 0.2) is 0 Å². The molecule has 0 bridgehead atoms. The average molecular weight is 308 g/mol. The first-order valence-electron chi connectivity index (χ1n) is 6.41. The number of rotatable bonds is 8. The van der Waals surface area contributed by atoms with Crippen molar-refractivity contribution >= 4 is 21.8 Å². The largest absolute Gasteiger partial charge is 0.481 e.